The average Bonchev–Trinajstić information content (AvgIpc) is 2.01. The molecule has 13 heavy (non-hydrogen) atoms. The van der Waals surface area contributed by atoms with Gasteiger partial charge in [0.05, 0.1) is 0 Å². The van der Waals surface area contributed by atoms with Gasteiger partial charge in [-0.15, -0.1) is 0 Å². The van der Waals surface area contributed by atoms with Crippen molar-refractivity contribution in [3.8, 4) is 0 Å². The van der Waals surface area contributed by atoms with E-state index in [0.717, 1.165) is 25.9 Å². The van der Waals surface area contributed by atoms with E-state index in [1.54, 1.807) is 4.90 Å². The van der Waals surface area contributed by atoms with Gasteiger partial charge < -0.3 is 10.0 Å². The molecule has 76 valence electrons. The SMILES string of the molecule is CC(O)C(=O)N1CCCC(C)(C)C1. The van der Waals surface area contributed by atoms with E-state index in [4.69, 9.17) is 5.11 Å². The van der Waals surface area contributed by atoms with Gasteiger partial charge in [-0.2, -0.15) is 0 Å². The Kier molecular flexibility index (Phi) is 2.96. The van der Waals surface area contributed by atoms with Crippen molar-refractivity contribution in [2.75, 3.05) is 13.1 Å². The van der Waals surface area contributed by atoms with Gasteiger partial charge in [-0.05, 0) is 25.2 Å². The highest BCUT2D eigenvalue weighted by atomic mass is 16.3. The van der Waals surface area contributed by atoms with Crippen LogP contribution in [0.5, 0.6) is 0 Å². The minimum absolute atomic E-state index is 0.132. The Hall–Kier alpha value is -0.570. The molecule has 1 heterocycles. The van der Waals surface area contributed by atoms with Gasteiger partial charge in [0.15, 0.2) is 0 Å². The first-order chi connectivity index (χ1) is 5.92. The van der Waals surface area contributed by atoms with Crippen molar-refractivity contribution in [3.05, 3.63) is 0 Å². The Bertz CT molecular complexity index is 199. The van der Waals surface area contributed by atoms with E-state index in [1.807, 2.05) is 0 Å². The average molecular weight is 185 g/mol. The molecule has 0 aromatic carbocycles. The summed E-state index contributed by atoms with van der Waals surface area (Å²) in [6.45, 7) is 7.43. The molecule has 0 aromatic rings. The maximum absolute atomic E-state index is 11.5. The Morgan fingerprint density at radius 1 is 1.54 bits per heavy atom. The highest BCUT2D eigenvalue weighted by molar-refractivity contribution is 5.80. The van der Waals surface area contributed by atoms with Crippen LogP contribution in [0.1, 0.15) is 33.6 Å². The number of hydrogen-bond donors (Lipinski definition) is 1. The quantitative estimate of drug-likeness (QED) is 0.662. The van der Waals surface area contributed by atoms with Crippen molar-refractivity contribution >= 4 is 5.91 Å². The van der Waals surface area contributed by atoms with Gasteiger partial charge in [-0.1, -0.05) is 13.8 Å². The zero-order chi connectivity index (χ0) is 10.1. The topological polar surface area (TPSA) is 40.5 Å². The van der Waals surface area contributed by atoms with Gasteiger partial charge in [0.2, 0.25) is 0 Å². The van der Waals surface area contributed by atoms with E-state index >= 15 is 0 Å². The summed E-state index contributed by atoms with van der Waals surface area (Å²) in [6.07, 6.45) is 1.36. The van der Waals surface area contributed by atoms with E-state index in [9.17, 15) is 4.79 Å². The lowest BCUT2D eigenvalue weighted by Crippen LogP contribution is -2.46. The predicted molar refractivity (Wildman–Crippen MR) is 51.3 cm³/mol. The lowest BCUT2D eigenvalue weighted by atomic mass is 9.84. The second-order valence-electron chi connectivity index (χ2n) is 4.70. The van der Waals surface area contributed by atoms with Crippen LogP contribution < -0.4 is 0 Å². The smallest absolute Gasteiger partial charge is 0.251 e. The number of likely N-dealkylation sites (tertiary alicyclic amines) is 1. The Balaban J connectivity index is 2.57. The second-order valence-corrected chi connectivity index (χ2v) is 4.70. The number of nitrogens with zero attached hydrogens (tertiary/aromatic N) is 1. The summed E-state index contributed by atoms with van der Waals surface area (Å²) in [7, 11) is 0. The Morgan fingerprint density at radius 2 is 2.15 bits per heavy atom. The first-order valence-corrected chi connectivity index (χ1v) is 4.89. The monoisotopic (exact) mass is 185 g/mol. The fourth-order valence-corrected chi connectivity index (χ4v) is 1.88. The number of amides is 1. The van der Waals surface area contributed by atoms with Gasteiger partial charge in [0.25, 0.3) is 5.91 Å². The van der Waals surface area contributed by atoms with Gasteiger partial charge in [-0.3, -0.25) is 4.79 Å². The molecule has 1 amide bonds. The fraction of sp³-hybridized carbons (Fsp3) is 0.900. The van der Waals surface area contributed by atoms with Crippen LogP contribution in [0.3, 0.4) is 0 Å². The molecule has 1 unspecified atom stereocenters. The molecular formula is C10H19NO2. The lowest BCUT2D eigenvalue weighted by Gasteiger charge is -2.38. The summed E-state index contributed by atoms with van der Waals surface area (Å²) in [4.78, 5) is 13.2. The third kappa shape index (κ3) is 2.69. The summed E-state index contributed by atoms with van der Waals surface area (Å²) in [5.74, 6) is -0.132. The summed E-state index contributed by atoms with van der Waals surface area (Å²) in [5.41, 5.74) is 0.211. The van der Waals surface area contributed by atoms with Crippen molar-refractivity contribution in [3.63, 3.8) is 0 Å². The minimum atomic E-state index is -0.853. The second kappa shape index (κ2) is 3.66. The highest BCUT2D eigenvalue weighted by Gasteiger charge is 2.30. The first kappa shape index (κ1) is 10.5. The number of hydrogen-bond acceptors (Lipinski definition) is 2. The molecule has 0 aliphatic carbocycles. The molecule has 0 aromatic heterocycles. The molecule has 1 fully saturated rings. The van der Waals surface area contributed by atoms with Crippen molar-refractivity contribution in [2.45, 2.75) is 39.7 Å². The van der Waals surface area contributed by atoms with E-state index in [-0.39, 0.29) is 11.3 Å². The summed E-state index contributed by atoms with van der Waals surface area (Å²) in [6, 6.07) is 0. The van der Waals surface area contributed by atoms with Crippen molar-refractivity contribution < 1.29 is 9.90 Å². The zero-order valence-electron chi connectivity index (χ0n) is 8.71. The minimum Gasteiger partial charge on any atom is -0.384 e. The van der Waals surface area contributed by atoms with E-state index in [2.05, 4.69) is 13.8 Å². The molecule has 0 radical (unpaired) electrons. The molecule has 1 atom stereocenters. The highest BCUT2D eigenvalue weighted by Crippen LogP contribution is 2.28. The van der Waals surface area contributed by atoms with E-state index in [0.29, 0.717) is 0 Å². The van der Waals surface area contributed by atoms with Crippen LogP contribution >= 0.6 is 0 Å². The number of aliphatic hydroxyl groups is 1. The van der Waals surface area contributed by atoms with Crippen LogP contribution in [-0.4, -0.2) is 35.1 Å². The first-order valence-electron chi connectivity index (χ1n) is 4.89. The summed E-state index contributed by atoms with van der Waals surface area (Å²) < 4.78 is 0. The van der Waals surface area contributed by atoms with Crippen LogP contribution in [0.4, 0.5) is 0 Å². The molecule has 1 aliphatic heterocycles. The zero-order valence-corrected chi connectivity index (χ0v) is 8.71. The van der Waals surface area contributed by atoms with Crippen LogP contribution in [0.2, 0.25) is 0 Å². The van der Waals surface area contributed by atoms with Crippen molar-refractivity contribution in [2.24, 2.45) is 5.41 Å². The predicted octanol–water partition coefficient (Wildman–Crippen LogP) is 1.02. The largest absolute Gasteiger partial charge is 0.384 e. The van der Waals surface area contributed by atoms with Crippen LogP contribution in [0, 0.1) is 5.41 Å². The molecular weight excluding hydrogens is 166 g/mol. The van der Waals surface area contributed by atoms with Gasteiger partial charge in [-0.25, -0.2) is 0 Å². The fourth-order valence-electron chi connectivity index (χ4n) is 1.88. The van der Waals surface area contributed by atoms with E-state index < -0.39 is 6.10 Å². The summed E-state index contributed by atoms with van der Waals surface area (Å²) >= 11 is 0. The third-order valence-corrected chi connectivity index (χ3v) is 2.57. The van der Waals surface area contributed by atoms with Gasteiger partial charge in [0.1, 0.15) is 6.10 Å². The lowest BCUT2D eigenvalue weighted by molar-refractivity contribution is -0.142. The normalized spacial score (nSPS) is 24.2. The van der Waals surface area contributed by atoms with E-state index in [1.165, 1.54) is 6.92 Å². The van der Waals surface area contributed by atoms with Gasteiger partial charge in [0, 0.05) is 13.1 Å². The molecule has 0 saturated carbocycles. The molecule has 0 bridgehead atoms. The van der Waals surface area contributed by atoms with Gasteiger partial charge >= 0.3 is 0 Å². The van der Waals surface area contributed by atoms with Crippen molar-refractivity contribution in [1.82, 2.24) is 4.90 Å². The molecule has 1 rings (SSSR count). The molecule has 1 N–H and O–H groups in total. The van der Waals surface area contributed by atoms with Crippen molar-refractivity contribution in [1.29, 1.82) is 0 Å². The summed E-state index contributed by atoms with van der Waals surface area (Å²) in [5, 5.41) is 9.15. The Labute approximate surface area is 79.7 Å². The van der Waals surface area contributed by atoms with Crippen LogP contribution in [-0.2, 0) is 4.79 Å². The number of carbonyl (C=O) groups excluding carboxylic acids is 1. The number of aliphatic hydroxyl groups excluding tert-OH is 1. The standard InChI is InChI=1S/C10H19NO2/c1-8(12)9(13)11-6-4-5-10(2,3)7-11/h8,12H,4-7H2,1-3H3. The molecule has 0 spiro atoms. The van der Waals surface area contributed by atoms with Crippen LogP contribution in [0.25, 0.3) is 0 Å². The van der Waals surface area contributed by atoms with Crippen LogP contribution in [0.15, 0.2) is 0 Å². The maximum Gasteiger partial charge on any atom is 0.251 e. The third-order valence-electron chi connectivity index (χ3n) is 2.57. The maximum atomic E-state index is 11.5. The number of carbonyl (C=O) groups is 1. The molecule has 1 aliphatic rings. The molecule has 1 saturated heterocycles. The molecule has 3 heteroatoms. The number of rotatable bonds is 1. The Morgan fingerprint density at radius 3 is 2.62 bits per heavy atom. The molecule has 3 nitrogen and oxygen atoms in total. The number of piperidine rings is 1.